The molecular weight excluding hydrogens is 178 g/mol. The molecule has 1 aromatic heterocycles. The van der Waals surface area contributed by atoms with Gasteiger partial charge in [0.15, 0.2) is 0 Å². The minimum absolute atomic E-state index is 0.261. The molecule has 0 unspecified atom stereocenters. The minimum Gasteiger partial charge on any atom is -0.381 e. The van der Waals surface area contributed by atoms with Crippen LogP contribution in [0.15, 0.2) is 30.5 Å². The second kappa shape index (κ2) is 4.41. The number of nitrogens with two attached hydrogens (primary N) is 1. The van der Waals surface area contributed by atoms with Crippen LogP contribution in [0, 0.1) is 0 Å². The van der Waals surface area contributed by atoms with Crippen molar-refractivity contribution >= 4 is 11.6 Å². The second-order valence-corrected chi connectivity index (χ2v) is 3.10. The second-order valence-electron chi connectivity index (χ2n) is 3.10. The third-order valence-electron chi connectivity index (χ3n) is 1.61. The minimum atomic E-state index is -0.524. The topological polar surface area (TPSA) is 68.0 Å². The maximum atomic E-state index is 10.8. The van der Waals surface area contributed by atoms with E-state index in [9.17, 15) is 4.79 Å². The zero-order valence-electron chi connectivity index (χ0n) is 8.08. The standard InChI is InChI=1S/C10H13N3O/c1-7(2)6-13-8-3-4-12-9(5-8)10(11)14/h3-5H,1,6H2,2H3,(H2,11,14)(H,12,13). The fourth-order valence-electron chi connectivity index (χ4n) is 0.928. The van der Waals surface area contributed by atoms with Gasteiger partial charge in [0.1, 0.15) is 5.69 Å². The van der Waals surface area contributed by atoms with Gasteiger partial charge >= 0.3 is 0 Å². The summed E-state index contributed by atoms with van der Waals surface area (Å²) in [5.41, 5.74) is 7.19. The fourth-order valence-corrected chi connectivity index (χ4v) is 0.928. The molecule has 74 valence electrons. The van der Waals surface area contributed by atoms with Crippen molar-refractivity contribution in [2.24, 2.45) is 5.73 Å². The van der Waals surface area contributed by atoms with Crippen LogP contribution in [0.4, 0.5) is 5.69 Å². The lowest BCUT2D eigenvalue weighted by Crippen LogP contribution is -2.13. The monoisotopic (exact) mass is 191 g/mol. The number of nitrogens with zero attached hydrogens (tertiary/aromatic N) is 1. The van der Waals surface area contributed by atoms with Crippen molar-refractivity contribution in [2.75, 3.05) is 11.9 Å². The van der Waals surface area contributed by atoms with Gasteiger partial charge < -0.3 is 11.1 Å². The number of pyridine rings is 1. The average molecular weight is 191 g/mol. The smallest absolute Gasteiger partial charge is 0.267 e. The van der Waals surface area contributed by atoms with Gasteiger partial charge in [-0.05, 0) is 19.1 Å². The molecule has 1 aromatic rings. The quantitative estimate of drug-likeness (QED) is 0.702. The van der Waals surface area contributed by atoms with E-state index in [0.29, 0.717) is 6.54 Å². The molecule has 3 N–H and O–H groups in total. The van der Waals surface area contributed by atoms with Crippen LogP contribution < -0.4 is 11.1 Å². The van der Waals surface area contributed by atoms with E-state index < -0.39 is 5.91 Å². The lowest BCUT2D eigenvalue weighted by molar-refractivity contribution is 0.0995. The first kappa shape index (κ1) is 10.2. The normalized spacial score (nSPS) is 9.50. The van der Waals surface area contributed by atoms with Gasteiger partial charge in [0.05, 0.1) is 0 Å². The van der Waals surface area contributed by atoms with E-state index in [2.05, 4.69) is 16.9 Å². The van der Waals surface area contributed by atoms with E-state index in [-0.39, 0.29) is 5.69 Å². The van der Waals surface area contributed by atoms with Gasteiger partial charge in [0.25, 0.3) is 5.91 Å². The number of hydrogen-bond acceptors (Lipinski definition) is 3. The first-order chi connectivity index (χ1) is 6.59. The highest BCUT2D eigenvalue weighted by molar-refractivity contribution is 5.91. The summed E-state index contributed by atoms with van der Waals surface area (Å²) in [4.78, 5) is 14.6. The molecule has 1 rings (SSSR count). The predicted molar refractivity (Wildman–Crippen MR) is 56.1 cm³/mol. The molecule has 0 radical (unpaired) electrons. The number of carbonyl (C=O) groups is 1. The van der Waals surface area contributed by atoms with Crippen LogP contribution in [0.25, 0.3) is 0 Å². The van der Waals surface area contributed by atoms with Crippen molar-refractivity contribution in [3.8, 4) is 0 Å². The molecule has 0 bridgehead atoms. The van der Waals surface area contributed by atoms with Crippen LogP contribution in [-0.4, -0.2) is 17.4 Å². The Morgan fingerprint density at radius 2 is 2.43 bits per heavy atom. The van der Waals surface area contributed by atoms with Gasteiger partial charge in [0.2, 0.25) is 0 Å². The molecule has 0 saturated carbocycles. The molecule has 0 aliphatic heterocycles. The number of aromatic nitrogens is 1. The molecule has 0 spiro atoms. The van der Waals surface area contributed by atoms with E-state index in [4.69, 9.17) is 5.73 Å². The van der Waals surface area contributed by atoms with E-state index in [1.54, 1.807) is 18.3 Å². The van der Waals surface area contributed by atoms with E-state index in [1.165, 1.54) is 0 Å². The number of hydrogen-bond donors (Lipinski definition) is 2. The van der Waals surface area contributed by atoms with Gasteiger partial charge in [-0.15, -0.1) is 0 Å². The van der Waals surface area contributed by atoms with Crippen molar-refractivity contribution < 1.29 is 4.79 Å². The van der Waals surface area contributed by atoms with Crippen LogP contribution in [0.5, 0.6) is 0 Å². The van der Waals surface area contributed by atoms with Crippen LogP contribution in [0.3, 0.4) is 0 Å². The van der Waals surface area contributed by atoms with Crippen molar-refractivity contribution in [2.45, 2.75) is 6.92 Å². The number of primary amides is 1. The molecule has 0 aromatic carbocycles. The zero-order chi connectivity index (χ0) is 10.6. The van der Waals surface area contributed by atoms with E-state index >= 15 is 0 Å². The molecule has 4 nitrogen and oxygen atoms in total. The molecular formula is C10H13N3O. The Morgan fingerprint density at radius 1 is 1.71 bits per heavy atom. The molecule has 0 atom stereocenters. The molecule has 0 saturated heterocycles. The number of anilines is 1. The third-order valence-corrected chi connectivity index (χ3v) is 1.61. The summed E-state index contributed by atoms with van der Waals surface area (Å²) < 4.78 is 0. The summed E-state index contributed by atoms with van der Waals surface area (Å²) in [7, 11) is 0. The maximum Gasteiger partial charge on any atom is 0.267 e. The van der Waals surface area contributed by atoms with Crippen LogP contribution in [0.2, 0.25) is 0 Å². The number of rotatable bonds is 4. The van der Waals surface area contributed by atoms with Gasteiger partial charge in [-0.3, -0.25) is 9.78 Å². The maximum absolute atomic E-state index is 10.8. The Bertz CT molecular complexity index is 360. The van der Waals surface area contributed by atoms with Crippen LogP contribution in [-0.2, 0) is 0 Å². The van der Waals surface area contributed by atoms with Crippen LogP contribution >= 0.6 is 0 Å². The van der Waals surface area contributed by atoms with Gasteiger partial charge in [-0.2, -0.15) is 0 Å². The molecule has 1 amide bonds. The van der Waals surface area contributed by atoms with E-state index in [1.807, 2.05) is 6.92 Å². The molecule has 0 aliphatic carbocycles. The number of amides is 1. The van der Waals surface area contributed by atoms with Gasteiger partial charge in [-0.25, -0.2) is 0 Å². The third kappa shape index (κ3) is 2.90. The molecule has 0 fully saturated rings. The van der Waals surface area contributed by atoms with Crippen molar-refractivity contribution in [1.82, 2.24) is 4.98 Å². The Balaban J connectivity index is 2.73. The van der Waals surface area contributed by atoms with Crippen molar-refractivity contribution in [3.63, 3.8) is 0 Å². The van der Waals surface area contributed by atoms with Gasteiger partial charge in [-0.1, -0.05) is 12.2 Å². The number of carbonyl (C=O) groups excluding carboxylic acids is 1. The summed E-state index contributed by atoms with van der Waals surface area (Å²) in [5.74, 6) is -0.524. The highest BCUT2D eigenvalue weighted by Crippen LogP contribution is 2.07. The Labute approximate surface area is 82.8 Å². The first-order valence-electron chi connectivity index (χ1n) is 4.23. The largest absolute Gasteiger partial charge is 0.381 e. The van der Waals surface area contributed by atoms with Crippen molar-refractivity contribution in [1.29, 1.82) is 0 Å². The Hall–Kier alpha value is -1.84. The SMILES string of the molecule is C=C(C)CNc1ccnc(C(N)=O)c1. The summed E-state index contributed by atoms with van der Waals surface area (Å²) in [6, 6.07) is 3.39. The predicted octanol–water partition coefficient (Wildman–Crippen LogP) is 1.17. The average Bonchev–Trinajstić information content (AvgIpc) is 2.15. The molecule has 1 heterocycles. The lowest BCUT2D eigenvalue weighted by Gasteiger charge is -2.05. The summed E-state index contributed by atoms with van der Waals surface area (Å²) in [6.07, 6.45) is 1.54. The summed E-state index contributed by atoms with van der Waals surface area (Å²) >= 11 is 0. The van der Waals surface area contributed by atoms with Gasteiger partial charge in [0, 0.05) is 18.4 Å². The van der Waals surface area contributed by atoms with Crippen LogP contribution in [0.1, 0.15) is 17.4 Å². The van der Waals surface area contributed by atoms with Crippen molar-refractivity contribution in [3.05, 3.63) is 36.2 Å². The first-order valence-corrected chi connectivity index (χ1v) is 4.23. The molecule has 4 heteroatoms. The number of nitrogens with one attached hydrogen (secondary N) is 1. The summed E-state index contributed by atoms with van der Waals surface area (Å²) in [6.45, 7) is 6.35. The van der Waals surface area contributed by atoms with E-state index in [0.717, 1.165) is 11.3 Å². The molecule has 0 aliphatic rings. The lowest BCUT2D eigenvalue weighted by atomic mass is 10.3. The zero-order valence-corrected chi connectivity index (χ0v) is 8.08. The Kier molecular flexibility index (Phi) is 3.23. The highest BCUT2D eigenvalue weighted by Gasteiger charge is 2.01. The fraction of sp³-hybridized carbons (Fsp3) is 0.200. The molecule has 14 heavy (non-hydrogen) atoms. The summed E-state index contributed by atoms with van der Waals surface area (Å²) in [5, 5.41) is 3.09. The highest BCUT2D eigenvalue weighted by atomic mass is 16.1. The Morgan fingerprint density at radius 3 is 3.00 bits per heavy atom.